The second kappa shape index (κ2) is 8.31. The number of nitrogens with zero attached hydrogens (tertiary/aromatic N) is 2. The molecule has 2 heterocycles. The zero-order valence-corrected chi connectivity index (χ0v) is 16.3. The summed E-state index contributed by atoms with van der Waals surface area (Å²) in [7, 11) is 1.61. The molecule has 29 heavy (non-hydrogen) atoms. The summed E-state index contributed by atoms with van der Waals surface area (Å²) >= 11 is 0. The van der Waals surface area contributed by atoms with Gasteiger partial charge in [0, 0.05) is 25.1 Å². The summed E-state index contributed by atoms with van der Waals surface area (Å²) in [5.74, 6) is 1.45. The summed E-state index contributed by atoms with van der Waals surface area (Å²) in [6, 6.07) is 9.73. The highest BCUT2D eigenvalue weighted by molar-refractivity contribution is 6.02. The molecule has 4 rings (SSSR count). The van der Waals surface area contributed by atoms with Crippen molar-refractivity contribution in [2.24, 2.45) is 0 Å². The molecule has 1 aliphatic carbocycles. The van der Waals surface area contributed by atoms with E-state index < -0.39 is 0 Å². The lowest BCUT2D eigenvalue weighted by Gasteiger charge is -2.30. The Hall–Kier alpha value is -3.41. The van der Waals surface area contributed by atoms with E-state index in [1.54, 1.807) is 25.5 Å². The molecule has 0 bridgehead atoms. The van der Waals surface area contributed by atoms with Gasteiger partial charge in [0.05, 0.1) is 19.0 Å². The molecule has 1 amide bonds. The van der Waals surface area contributed by atoms with Gasteiger partial charge >= 0.3 is 0 Å². The summed E-state index contributed by atoms with van der Waals surface area (Å²) in [4.78, 5) is 30.2. The predicted octanol–water partition coefficient (Wildman–Crippen LogP) is 3.01. The van der Waals surface area contributed by atoms with Crippen LogP contribution in [0.1, 0.15) is 23.2 Å². The van der Waals surface area contributed by atoms with Gasteiger partial charge < -0.3 is 14.4 Å². The van der Waals surface area contributed by atoms with E-state index in [2.05, 4.69) is 11.1 Å². The lowest BCUT2D eigenvalue weighted by Crippen LogP contribution is -2.36. The Kier molecular flexibility index (Phi) is 5.42. The third-order valence-electron chi connectivity index (χ3n) is 5.12. The highest BCUT2D eigenvalue weighted by atomic mass is 16.5. The maximum atomic E-state index is 12.8. The number of amides is 1. The van der Waals surface area contributed by atoms with Crippen LogP contribution in [0.4, 0.5) is 0 Å². The molecule has 0 N–H and O–H groups in total. The van der Waals surface area contributed by atoms with E-state index in [0.29, 0.717) is 37.4 Å². The zero-order chi connectivity index (χ0) is 20.2. The number of methoxy groups -OCH3 is 1. The molecular formula is C23H22N2O4. The van der Waals surface area contributed by atoms with Crippen LogP contribution in [0.15, 0.2) is 60.3 Å². The number of benzene rings is 1. The highest BCUT2D eigenvalue weighted by Crippen LogP contribution is 2.26. The standard InChI is InChI=1S/C23H22N2O4/c1-28-22-9-5-19(24-13-22)15-29-21-8-4-16-10-11-25(14-18(16)12-21)23(27)17-2-6-20(26)7-3-17/h2-6,8-9,12-13H,7,10-11,14-15H2,1H3. The van der Waals surface area contributed by atoms with Crippen molar-refractivity contribution in [2.45, 2.75) is 26.0 Å². The minimum absolute atomic E-state index is 0.0266. The monoisotopic (exact) mass is 390 g/mol. The minimum Gasteiger partial charge on any atom is -0.495 e. The van der Waals surface area contributed by atoms with Crippen LogP contribution in [0.3, 0.4) is 0 Å². The van der Waals surface area contributed by atoms with Crippen LogP contribution in [0.2, 0.25) is 0 Å². The molecule has 2 aliphatic rings. The molecule has 6 nitrogen and oxygen atoms in total. The summed E-state index contributed by atoms with van der Waals surface area (Å²) in [5.41, 5.74) is 3.71. The fourth-order valence-corrected chi connectivity index (χ4v) is 3.44. The average Bonchev–Trinajstić information content (AvgIpc) is 2.77. The van der Waals surface area contributed by atoms with Crippen LogP contribution in [0.25, 0.3) is 0 Å². The summed E-state index contributed by atoms with van der Waals surface area (Å²) < 4.78 is 11.0. The Labute approximate surface area is 169 Å². The van der Waals surface area contributed by atoms with E-state index >= 15 is 0 Å². The first kappa shape index (κ1) is 18.9. The van der Waals surface area contributed by atoms with Gasteiger partial charge in [0.25, 0.3) is 5.91 Å². The van der Waals surface area contributed by atoms with Crippen molar-refractivity contribution in [2.75, 3.05) is 13.7 Å². The molecule has 0 saturated carbocycles. The molecular weight excluding hydrogens is 368 g/mol. The van der Waals surface area contributed by atoms with Gasteiger partial charge in [0.2, 0.25) is 0 Å². The van der Waals surface area contributed by atoms with Gasteiger partial charge in [-0.25, -0.2) is 0 Å². The SMILES string of the molecule is COc1ccc(COc2ccc3c(c2)CN(C(=O)C2=CCC(=O)C=C2)CC3)nc1. The third-order valence-corrected chi connectivity index (χ3v) is 5.12. The Bertz CT molecular complexity index is 992. The van der Waals surface area contributed by atoms with E-state index in [9.17, 15) is 9.59 Å². The van der Waals surface area contributed by atoms with Crippen LogP contribution in [0.5, 0.6) is 11.5 Å². The molecule has 148 valence electrons. The number of carbonyl (C=O) groups excluding carboxylic acids is 2. The summed E-state index contributed by atoms with van der Waals surface area (Å²) in [6.45, 7) is 1.56. The molecule has 0 radical (unpaired) electrons. The Morgan fingerprint density at radius 3 is 2.72 bits per heavy atom. The van der Waals surface area contributed by atoms with E-state index in [1.165, 1.54) is 11.6 Å². The van der Waals surface area contributed by atoms with Crippen molar-refractivity contribution in [3.8, 4) is 11.5 Å². The zero-order valence-electron chi connectivity index (χ0n) is 16.3. The fraction of sp³-hybridized carbons (Fsp3) is 0.261. The van der Waals surface area contributed by atoms with Crippen molar-refractivity contribution >= 4 is 11.7 Å². The normalized spacial score (nSPS) is 15.6. The molecule has 1 aromatic carbocycles. The Morgan fingerprint density at radius 2 is 2.00 bits per heavy atom. The Morgan fingerprint density at radius 1 is 1.14 bits per heavy atom. The Balaban J connectivity index is 1.42. The van der Waals surface area contributed by atoms with Crippen LogP contribution in [-0.4, -0.2) is 35.2 Å². The number of ketones is 1. The predicted molar refractivity (Wildman–Crippen MR) is 108 cm³/mol. The number of rotatable bonds is 5. The first-order chi connectivity index (χ1) is 14.1. The summed E-state index contributed by atoms with van der Waals surface area (Å²) in [5, 5.41) is 0. The van der Waals surface area contributed by atoms with E-state index in [1.807, 2.05) is 29.2 Å². The van der Waals surface area contributed by atoms with Crippen LogP contribution in [0, 0.1) is 0 Å². The van der Waals surface area contributed by atoms with Gasteiger partial charge in [-0.2, -0.15) is 0 Å². The second-order valence-electron chi connectivity index (χ2n) is 7.05. The lowest BCUT2D eigenvalue weighted by molar-refractivity contribution is -0.127. The maximum Gasteiger partial charge on any atom is 0.253 e. The number of aromatic nitrogens is 1. The van der Waals surface area contributed by atoms with Crippen LogP contribution < -0.4 is 9.47 Å². The van der Waals surface area contributed by atoms with Gasteiger partial charge in [-0.15, -0.1) is 0 Å². The van der Waals surface area contributed by atoms with E-state index in [-0.39, 0.29) is 11.7 Å². The number of allylic oxidation sites excluding steroid dienone is 2. The number of ether oxygens (including phenoxy) is 2. The minimum atomic E-state index is -0.0341. The number of pyridine rings is 1. The molecule has 1 aromatic heterocycles. The molecule has 0 atom stereocenters. The number of hydrogen-bond donors (Lipinski definition) is 0. The number of fused-ring (bicyclic) bond motifs is 1. The number of hydrogen-bond acceptors (Lipinski definition) is 5. The topological polar surface area (TPSA) is 68.7 Å². The molecule has 0 fully saturated rings. The van der Waals surface area contributed by atoms with Crippen molar-refractivity contribution in [1.82, 2.24) is 9.88 Å². The molecule has 0 unspecified atom stereocenters. The molecule has 1 aliphatic heterocycles. The second-order valence-corrected chi connectivity index (χ2v) is 7.05. The number of carbonyl (C=O) groups is 2. The van der Waals surface area contributed by atoms with Crippen molar-refractivity contribution < 1.29 is 19.1 Å². The summed E-state index contributed by atoms with van der Waals surface area (Å²) in [6.07, 6.45) is 7.56. The molecule has 6 heteroatoms. The third kappa shape index (κ3) is 4.37. The van der Waals surface area contributed by atoms with Crippen molar-refractivity contribution in [3.63, 3.8) is 0 Å². The maximum absolute atomic E-state index is 12.8. The quantitative estimate of drug-likeness (QED) is 0.785. The van der Waals surface area contributed by atoms with Gasteiger partial charge in [-0.3, -0.25) is 14.6 Å². The molecule has 2 aromatic rings. The first-order valence-electron chi connectivity index (χ1n) is 9.56. The van der Waals surface area contributed by atoms with Crippen LogP contribution in [-0.2, 0) is 29.2 Å². The largest absolute Gasteiger partial charge is 0.495 e. The van der Waals surface area contributed by atoms with Gasteiger partial charge in [0.15, 0.2) is 5.78 Å². The van der Waals surface area contributed by atoms with E-state index in [0.717, 1.165) is 23.4 Å². The average molecular weight is 390 g/mol. The van der Waals surface area contributed by atoms with Gasteiger partial charge in [-0.05, 0) is 54.0 Å². The smallest absolute Gasteiger partial charge is 0.253 e. The first-order valence-corrected chi connectivity index (χ1v) is 9.56. The highest BCUT2D eigenvalue weighted by Gasteiger charge is 2.23. The fourth-order valence-electron chi connectivity index (χ4n) is 3.44. The van der Waals surface area contributed by atoms with Crippen molar-refractivity contribution in [1.29, 1.82) is 0 Å². The van der Waals surface area contributed by atoms with Gasteiger partial charge in [-0.1, -0.05) is 12.1 Å². The molecule has 0 saturated heterocycles. The lowest BCUT2D eigenvalue weighted by atomic mass is 9.98. The van der Waals surface area contributed by atoms with E-state index in [4.69, 9.17) is 9.47 Å². The van der Waals surface area contributed by atoms with Gasteiger partial charge in [0.1, 0.15) is 18.1 Å². The molecule has 0 spiro atoms. The van der Waals surface area contributed by atoms with Crippen LogP contribution >= 0.6 is 0 Å². The van der Waals surface area contributed by atoms with Crippen molar-refractivity contribution in [3.05, 3.63) is 77.2 Å².